The molecule has 0 spiro atoms. The SMILES string of the molecule is Cc1cc(NC(=O)c2ccco2)sc1C(=O)Nc1cccc(C(F)(F)F)c1. The molecule has 3 rings (SSSR count). The van der Waals surface area contributed by atoms with Gasteiger partial charge < -0.3 is 15.1 Å². The van der Waals surface area contributed by atoms with Crippen molar-refractivity contribution in [1.29, 1.82) is 0 Å². The number of nitrogens with one attached hydrogen (secondary N) is 2. The van der Waals surface area contributed by atoms with Crippen molar-refractivity contribution in [1.82, 2.24) is 0 Å². The monoisotopic (exact) mass is 394 g/mol. The van der Waals surface area contributed by atoms with Gasteiger partial charge in [-0.15, -0.1) is 11.3 Å². The number of benzene rings is 1. The molecule has 2 amide bonds. The summed E-state index contributed by atoms with van der Waals surface area (Å²) in [6.07, 6.45) is -3.13. The smallest absolute Gasteiger partial charge is 0.416 e. The number of amides is 2. The maximum absolute atomic E-state index is 12.8. The van der Waals surface area contributed by atoms with E-state index in [0.29, 0.717) is 10.6 Å². The lowest BCUT2D eigenvalue weighted by atomic mass is 10.2. The molecule has 0 radical (unpaired) electrons. The van der Waals surface area contributed by atoms with E-state index in [1.54, 1.807) is 19.1 Å². The van der Waals surface area contributed by atoms with Gasteiger partial charge in [0.2, 0.25) is 0 Å². The molecule has 2 aromatic heterocycles. The predicted molar refractivity (Wildman–Crippen MR) is 95.1 cm³/mol. The normalized spacial score (nSPS) is 11.3. The third-order valence-corrected chi connectivity index (χ3v) is 4.70. The molecule has 140 valence electrons. The number of carbonyl (C=O) groups is 2. The van der Waals surface area contributed by atoms with E-state index in [2.05, 4.69) is 10.6 Å². The van der Waals surface area contributed by atoms with Crippen LogP contribution in [-0.2, 0) is 6.18 Å². The summed E-state index contributed by atoms with van der Waals surface area (Å²) in [4.78, 5) is 24.7. The number of furan rings is 1. The second-order valence-corrected chi connectivity index (χ2v) is 6.64. The summed E-state index contributed by atoms with van der Waals surface area (Å²) in [6, 6.07) is 9.05. The van der Waals surface area contributed by atoms with E-state index in [9.17, 15) is 22.8 Å². The second kappa shape index (κ2) is 7.28. The van der Waals surface area contributed by atoms with E-state index in [-0.39, 0.29) is 16.3 Å². The van der Waals surface area contributed by atoms with Crippen molar-refractivity contribution in [2.24, 2.45) is 0 Å². The highest BCUT2D eigenvalue weighted by atomic mass is 32.1. The molecular weight excluding hydrogens is 381 g/mol. The van der Waals surface area contributed by atoms with E-state index < -0.39 is 23.6 Å². The summed E-state index contributed by atoms with van der Waals surface area (Å²) in [5.74, 6) is -0.905. The Morgan fingerprint density at radius 1 is 1.04 bits per heavy atom. The molecule has 0 aliphatic carbocycles. The van der Waals surface area contributed by atoms with Crippen molar-refractivity contribution in [3.05, 3.63) is 70.5 Å². The van der Waals surface area contributed by atoms with E-state index in [1.807, 2.05) is 0 Å². The van der Waals surface area contributed by atoms with Gasteiger partial charge in [-0.2, -0.15) is 13.2 Å². The molecule has 0 aliphatic heterocycles. The summed E-state index contributed by atoms with van der Waals surface area (Å²) in [6.45, 7) is 1.67. The Morgan fingerprint density at radius 2 is 1.81 bits per heavy atom. The first-order valence-corrected chi connectivity index (χ1v) is 8.49. The fourth-order valence-electron chi connectivity index (χ4n) is 2.31. The predicted octanol–water partition coefficient (Wildman–Crippen LogP) is 5.17. The molecule has 0 atom stereocenters. The van der Waals surface area contributed by atoms with Crippen molar-refractivity contribution in [3.63, 3.8) is 0 Å². The number of alkyl halides is 3. The number of thiophene rings is 1. The minimum atomic E-state index is -4.50. The van der Waals surface area contributed by atoms with E-state index in [0.717, 1.165) is 23.5 Å². The highest BCUT2D eigenvalue weighted by Crippen LogP contribution is 2.32. The average Bonchev–Trinajstić information content (AvgIpc) is 3.24. The number of hydrogen-bond acceptors (Lipinski definition) is 4. The van der Waals surface area contributed by atoms with Crippen molar-refractivity contribution >= 4 is 33.8 Å². The Kier molecular flexibility index (Phi) is 5.04. The van der Waals surface area contributed by atoms with Crippen LogP contribution in [0.1, 0.15) is 31.4 Å². The van der Waals surface area contributed by atoms with Gasteiger partial charge in [0.25, 0.3) is 11.8 Å². The van der Waals surface area contributed by atoms with Gasteiger partial charge in [-0.05, 0) is 48.9 Å². The third kappa shape index (κ3) is 4.37. The minimum absolute atomic E-state index is 0.0313. The topological polar surface area (TPSA) is 71.3 Å². The van der Waals surface area contributed by atoms with Gasteiger partial charge in [-0.25, -0.2) is 0 Å². The lowest BCUT2D eigenvalue weighted by Crippen LogP contribution is -2.12. The third-order valence-electron chi connectivity index (χ3n) is 3.55. The number of rotatable bonds is 4. The number of carbonyl (C=O) groups excluding carboxylic acids is 2. The average molecular weight is 394 g/mol. The molecule has 27 heavy (non-hydrogen) atoms. The van der Waals surface area contributed by atoms with Crippen LogP contribution in [0, 0.1) is 6.92 Å². The number of halogens is 3. The quantitative estimate of drug-likeness (QED) is 0.641. The highest BCUT2D eigenvalue weighted by molar-refractivity contribution is 7.18. The number of aryl methyl sites for hydroxylation is 1. The largest absolute Gasteiger partial charge is 0.459 e. The van der Waals surface area contributed by atoms with Crippen LogP contribution in [0.3, 0.4) is 0 Å². The molecule has 3 aromatic rings. The summed E-state index contributed by atoms with van der Waals surface area (Å²) >= 11 is 1.01. The van der Waals surface area contributed by atoms with Crippen LogP contribution in [0.25, 0.3) is 0 Å². The van der Waals surface area contributed by atoms with E-state index >= 15 is 0 Å². The van der Waals surface area contributed by atoms with Gasteiger partial charge in [0.1, 0.15) is 0 Å². The molecule has 5 nitrogen and oxygen atoms in total. The molecular formula is C18H13F3N2O3S. The van der Waals surface area contributed by atoms with Gasteiger partial charge in [-0.3, -0.25) is 9.59 Å². The van der Waals surface area contributed by atoms with Crippen LogP contribution in [0.2, 0.25) is 0 Å². The van der Waals surface area contributed by atoms with Crippen molar-refractivity contribution in [2.45, 2.75) is 13.1 Å². The number of anilines is 2. The lowest BCUT2D eigenvalue weighted by molar-refractivity contribution is -0.137. The molecule has 0 bridgehead atoms. The highest BCUT2D eigenvalue weighted by Gasteiger charge is 2.30. The van der Waals surface area contributed by atoms with Gasteiger partial charge in [0.15, 0.2) is 5.76 Å². The summed E-state index contributed by atoms with van der Waals surface area (Å²) in [7, 11) is 0. The fraction of sp³-hybridized carbons (Fsp3) is 0.111. The molecule has 0 aliphatic rings. The molecule has 2 heterocycles. The molecule has 2 N–H and O–H groups in total. The molecule has 0 fully saturated rings. The Morgan fingerprint density at radius 3 is 2.48 bits per heavy atom. The van der Waals surface area contributed by atoms with Crippen molar-refractivity contribution in [2.75, 3.05) is 10.6 Å². The Labute approximate surface area is 155 Å². The van der Waals surface area contributed by atoms with Crippen LogP contribution in [0.4, 0.5) is 23.9 Å². The van der Waals surface area contributed by atoms with Gasteiger partial charge in [0, 0.05) is 5.69 Å². The zero-order chi connectivity index (χ0) is 19.6. The van der Waals surface area contributed by atoms with Crippen LogP contribution in [-0.4, -0.2) is 11.8 Å². The van der Waals surface area contributed by atoms with E-state index in [4.69, 9.17) is 4.42 Å². The molecule has 0 unspecified atom stereocenters. The maximum Gasteiger partial charge on any atom is 0.416 e. The Balaban J connectivity index is 1.74. The Hall–Kier alpha value is -3.07. The lowest BCUT2D eigenvalue weighted by Gasteiger charge is -2.09. The van der Waals surface area contributed by atoms with Gasteiger partial charge in [0.05, 0.1) is 21.7 Å². The minimum Gasteiger partial charge on any atom is -0.459 e. The molecule has 9 heteroatoms. The second-order valence-electron chi connectivity index (χ2n) is 5.59. The summed E-state index contributed by atoms with van der Waals surface area (Å²) in [5, 5.41) is 5.48. The number of hydrogen-bond donors (Lipinski definition) is 2. The van der Waals surface area contributed by atoms with Crippen LogP contribution in [0.5, 0.6) is 0 Å². The summed E-state index contributed by atoms with van der Waals surface area (Å²) < 4.78 is 43.3. The first-order chi connectivity index (χ1) is 12.7. The van der Waals surface area contributed by atoms with Gasteiger partial charge >= 0.3 is 6.18 Å². The van der Waals surface area contributed by atoms with Gasteiger partial charge in [-0.1, -0.05) is 6.07 Å². The Bertz CT molecular complexity index is 978. The zero-order valence-corrected chi connectivity index (χ0v) is 14.7. The maximum atomic E-state index is 12.8. The zero-order valence-electron chi connectivity index (χ0n) is 13.9. The molecule has 0 saturated heterocycles. The first kappa shape index (κ1) is 18.7. The molecule has 1 aromatic carbocycles. The van der Waals surface area contributed by atoms with Crippen LogP contribution >= 0.6 is 11.3 Å². The van der Waals surface area contributed by atoms with Crippen molar-refractivity contribution in [3.8, 4) is 0 Å². The van der Waals surface area contributed by atoms with Crippen molar-refractivity contribution < 1.29 is 27.2 Å². The summed E-state index contributed by atoms with van der Waals surface area (Å²) in [5.41, 5.74) is -0.238. The first-order valence-electron chi connectivity index (χ1n) is 7.68. The molecule has 0 saturated carbocycles. The van der Waals surface area contributed by atoms with Crippen LogP contribution < -0.4 is 10.6 Å². The fourth-order valence-corrected chi connectivity index (χ4v) is 3.27. The van der Waals surface area contributed by atoms with E-state index in [1.165, 1.54) is 24.5 Å². The standard InChI is InChI=1S/C18H13F3N2O3S/c1-10-8-14(23-16(24)13-6-3-7-26-13)27-15(10)17(25)22-12-5-2-4-11(9-12)18(19,20)21/h2-9H,1H3,(H,22,25)(H,23,24). The van der Waals surface area contributed by atoms with Crippen LogP contribution in [0.15, 0.2) is 53.1 Å².